The Bertz CT molecular complexity index is 945. The van der Waals surface area contributed by atoms with Crippen molar-refractivity contribution in [3.05, 3.63) is 41.2 Å². The maximum absolute atomic E-state index is 13.4. The van der Waals surface area contributed by atoms with Crippen LogP contribution in [0.1, 0.15) is 31.2 Å². The minimum absolute atomic E-state index is 0.134. The average molecular weight is 540 g/mol. The van der Waals surface area contributed by atoms with E-state index in [0.717, 1.165) is 12.8 Å². The number of fused-ring (bicyclic) bond motifs is 1. The second kappa shape index (κ2) is 12.0. The molecule has 5 N–H and O–H groups in total. The maximum atomic E-state index is 13.4. The summed E-state index contributed by atoms with van der Waals surface area (Å²) < 4.78 is 12.0. The second-order valence-corrected chi connectivity index (χ2v) is 11.4. The Kier molecular flexibility index (Phi) is 9.18. The van der Waals surface area contributed by atoms with Gasteiger partial charge in [-0.3, -0.25) is 4.79 Å². The van der Waals surface area contributed by atoms with Gasteiger partial charge in [-0.2, -0.15) is 0 Å². The normalized spacial score (nSPS) is 38.3. The number of amides is 1. The number of alkyl halides is 1. The van der Waals surface area contributed by atoms with Gasteiger partial charge in [0.1, 0.15) is 35.9 Å². The van der Waals surface area contributed by atoms with Crippen LogP contribution in [0.25, 0.3) is 4.85 Å². The van der Waals surface area contributed by atoms with Crippen molar-refractivity contribution in [3.63, 3.8) is 0 Å². The highest BCUT2D eigenvalue weighted by atomic mass is 35.5. The van der Waals surface area contributed by atoms with Gasteiger partial charge in [-0.15, -0.1) is 23.4 Å². The lowest BCUT2D eigenvalue weighted by Crippen LogP contribution is -2.65. The standard InChI is InChI=1S/C25H34ClN3O6S/c1-12(26)17(23-20(31)19(30)21(32)25(35-23)36-3)29-24(33)18-22-15(11-28-18)10-14(8-9-34-22)13-4-6-16(27-2)7-5-13/h4-7,12,14-15,17-23,25,28,30-32H,8-11H2,1,3H3,(H,29,33)/t12-,14+,15-,17+,18-,19+,20?,21+,22+,23+,25?/m0/s1. The number of benzene rings is 1. The van der Waals surface area contributed by atoms with Crippen LogP contribution in [0.5, 0.6) is 0 Å². The van der Waals surface area contributed by atoms with E-state index in [9.17, 15) is 20.1 Å². The second-order valence-electron chi connectivity index (χ2n) is 9.79. The molecule has 11 atom stereocenters. The number of aliphatic hydroxyl groups is 3. The molecule has 3 aliphatic rings. The Labute approximate surface area is 220 Å². The smallest absolute Gasteiger partial charge is 0.240 e. The molecule has 11 heteroatoms. The van der Waals surface area contributed by atoms with Crippen molar-refractivity contribution < 1.29 is 29.6 Å². The van der Waals surface area contributed by atoms with E-state index >= 15 is 0 Å². The summed E-state index contributed by atoms with van der Waals surface area (Å²) in [7, 11) is 0. The van der Waals surface area contributed by atoms with E-state index in [1.165, 1.54) is 17.3 Å². The summed E-state index contributed by atoms with van der Waals surface area (Å²) in [4.78, 5) is 16.9. The van der Waals surface area contributed by atoms with Crippen LogP contribution in [-0.4, -0.2) is 94.1 Å². The summed E-state index contributed by atoms with van der Waals surface area (Å²) in [6, 6.07) is 6.28. The molecule has 1 aromatic rings. The monoisotopic (exact) mass is 539 g/mol. The fourth-order valence-corrected chi connectivity index (χ4v) is 6.39. The van der Waals surface area contributed by atoms with Gasteiger partial charge in [-0.25, -0.2) is 4.85 Å². The molecule has 0 bridgehead atoms. The van der Waals surface area contributed by atoms with E-state index in [0.29, 0.717) is 18.8 Å². The van der Waals surface area contributed by atoms with Crippen LogP contribution in [0.3, 0.4) is 0 Å². The minimum atomic E-state index is -1.42. The summed E-state index contributed by atoms with van der Waals surface area (Å²) >= 11 is 7.62. The van der Waals surface area contributed by atoms with Gasteiger partial charge in [0.05, 0.1) is 24.1 Å². The predicted molar refractivity (Wildman–Crippen MR) is 137 cm³/mol. The number of ether oxygens (including phenoxy) is 2. The van der Waals surface area contributed by atoms with E-state index in [1.807, 2.05) is 24.3 Å². The Morgan fingerprint density at radius 3 is 2.61 bits per heavy atom. The summed E-state index contributed by atoms with van der Waals surface area (Å²) in [5.74, 6) is 0.105. The molecule has 198 valence electrons. The molecule has 3 aliphatic heterocycles. The average Bonchev–Trinajstić information content (AvgIpc) is 3.16. The van der Waals surface area contributed by atoms with Gasteiger partial charge in [-0.05, 0) is 37.5 Å². The SMILES string of the molecule is [C-]#[N+]c1ccc([C@@H]2CCO[C@@H]3[C@H](CN[C@@H]3C(=O)N[C@H]([C@H](C)Cl)[C@H]3OC(SC)[C@H](O)[C@H](O)C3O)C2)cc1. The van der Waals surface area contributed by atoms with Crippen LogP contribution < -0.4 is 10.6 Å². The molecule has 0 saturated carbocycles. The van der Waals surface area contributed by atoms with E-state index < -0.39 is 47.3 Å². The first-order valence-electron chi connectivity index (χ1n) is 12.2. The van der Waals surface area contributed by atoms with E-state index in [-0.39, 0.29) is 23.8 Å². The van der Waals surface area contributed by atoms with E-state index in [2.05, 4.69) is 15.5 Å². The van der Waals surface area contributed by atoms with E-state index in [4.69, 9.17) is 27.6 Å². The van der Waals surface area contributed by atoms with Gasteiger partial charge >= 0.3 is 0 Å². The Hall–Kier alpha value is -1.42. The first-order valence-corrected chi connectivity index (χ1v) is 14.0. The third kappa shape index (κ3) is 5.69. The molecule has 0 aromatic heterocycles. The number of halogens is 1. The number of hydrogen-bond donors (Lipinski definition) is 5. The highest BCUT2D eigenvalue weighted by Gasteiger charge is 2.49. The summed E-state index contributed by atoms with van der Waals surface area (Å²) in [6.45, 7) is 9.97. The molecule has 36 heavy (non-hydrogen) atoms. The molecular weight excluding hydrogens is 506 g/mol. The minimum Gasteiger partial charge on any atom is -0.388 e. The zero-order chi connectivity index (χ0) is 26.0. The van der Waals surface area contributed by atoms with Crippen LogP contribution in [0, 0.1) is 12.5 Å². The number of carbonyl (C=O) groups excluding carboxylic acids is 1. The Balaban J connectivity index is 1.43. The number of hydrogen-bond acceptors (Lipinski definition) is 8. The highest BCUT2D eigenvalue weighted by Crippen LogP contribution is 2.37. The van der Waals surface area contributed by atoms with Gasteiger partial charge in [0.2, 0.25) is 5.91 Å². The molecule has 1 aromatic carbocycles. The summed E-state index contributed by atoms with van der Waals surface area (Å²) in [5, 5.41) is 36.7. The molecule has 4 rings (SSSR count). The fourth-order valence-electron chi connectivity index (χ4n) is 5.51. The summed E-state index contributed by atoms with van der Waals surface area (Å²) in [5.41, 5.74) is 1.02. The molecule has 0 radical (unpaired) electrons. The number of nitrogens with one attached hydrogen (secondary N) is 2. The fraction of sp³-hybridized carbons (Fsp3) is 0.680. The van der Waals surface area contributed by atoms with Crippen molar-refractivity contribution in [2.45, 2.75) is 79.1 Å². The quantitative estimate of drug-likeness (QED) is 0.271. The summed E-state index contributed by atoms with van der Waals surface area (Å²) in [6.07, 6.45) is -1.98. The van der Waals surface area contributed by atoms with Gasteiger partial charge in [0.15, 0.2) is 5.69 Å². The highest BCUT2D eigenvalue weighted by molar-refractivity contribution is 7.99. The number of aliphatic hydroxyl groups excluding tert-OH is 3. The van der Waals surface area contributed by atoms with Crippen molar-refractivity contribution >= 4 is 35.0 Å². The largest absolute Gasteiger partial charge is 0.388 e. The van der Waals surface area contributed by atoms with Crippen molar-refractivity contribution in [3.8, 4) is 0 Å². The van der Waals surface area contributed by atoms with Crippen LogP contribution in [-0.2, 0) is 14.3 Å². The number of nitrogens with zero attached hydrogens (tertiary/aromatic N) is 1. The molecule has 0 aliphatic carbocycles. The molecule has 0 spiro atoms. The van der Waals surface area contributed by atoms with Gasteiger partial charge < -0.3 is 35.4 Å². The number of rotatable bonds is 6. The van der Waals surface area contributed by atoms with Crippen LogP contribution in [0.2, 0.25) is 0 Å². The van der Waals surface area contributed by atoms with Gasteiger partial charge in [-0.1, -0.05) is 24.3 Å². The first-order chi connectivity index (χ1) is 17.2. The lowest BCUT2D eigenvalue weighted by Gasteiger charge is -2.44. The van der Waals surface area contributed by atoms with E-state index in [1.54, 1.807) is 13.2 Å². The van der Waals surface area contributed by atoms with Crippen molar-refractivity contribution in [1.29, 1.82) is 0 Å². The molecule has 3 saturated heterocycles. The maximum Gasteiger partial charge on any atom is 0.240 e. The lowest BCUT2D eigenvalue weighted by atomic mass is 9.85. The lowest BCUT2D eigenvalue weighted by molar-refractivity contribution is -0.205. The topological polar surface area (TPSA) is 125 Å². The zero-order valence-corrected chi connectivity index (χ0v) is 21.9. The third-order valence-electron chi connectivity index (χ3n) is 7.53. The third-order valence-corrected chi connectivity index (χ3v) is 8.66. The molecule has 3 heterocycles. The molecule has 9 nitrogen and oxygen atoms in total. The van der Waals surface area contributed by atoms with Crippen molar-refractivity contribution in [2.24, 2.45) is 5.92 Å². The van der Waals surface area contributed by atoms with Gasteiger partial charge in [0.25, 0.3) is 0 Å². The Morgan fingerprint density at radius 2 is 1.97 bits per heavy atom. The van der Waals surface area contributed by atoms with Crippen molar-refractivity contribution in [1.82, 2.24) is 10.6 Å². The molecule has 1 amide bonds. The van der Waals surface area contributed by atoms with Crippen LogP contribution >= 0.6 is 23.4 Å². The van der Waals surface area contributed by atoms with Crippen molar-refractivity contribution in [2.75, 3.05) is 19.4 Å². The van der Waals surface area contributed by atoms with Crippen LogP contribution in [0.4, 0.5) is 5.69 Å². The predicted octanol–water partition coefficient (Wildman–Crippen LogP) is 1.37. The molecule has 3 fully saturated rings. The zero-order valence-electron chi connectivity index (χ0n) is 20.3. The Morgan fingerprint density at radius 1 is 1.25 bits per heavy atom. The number of carbonyl (C=O) groups is 1. The molecular formula is C25H34ClN3O6S. The number of thioether (sulfide) groups is 1. The first kappa shape index (κ1) is 27.6. The van der Waals surface area contributed by atoms with Crippen LogP contribution in [0.15, 0.2) is 24.3 Å². The molecule has 2 unspecified atom stereocenters. The van der Waals surface area contributed by atoms with Gasteiger partial charge in [0, 0.05) is 19.1 Å².